The van der Waals surface area contributed by atoms with Crippen LogP contribution >= 0.6 is 0 Å². The monoisotopic (exact) mass is 341 g/mol. The van der Waals surface area contributed by atoms with Crippen molar-refractivity contribution in [3.05, 3.63) is 66.6 Å². The highest BCUT2D eigenvalue weighted by molar-refractivity contribution is 7.92. The molecule has 3 rings (SSSR count). The first kappa shape index (κ1) is 15.9. The normalized spacial score (nSPS) is 11.2. The van der Waals surface area contributed by atoms with Gasteiger partial charge in [-0.1, -0.05) is 24.3 Å². The first-order valence-electron chi connectivity index (χ1n) is 7.18. The van der Waals surface area contributed by atoms with Crippen LogP contribution in [0.15, 0.2) is 66.0 Å². The van der Waals surface area contributed by atoms with Crippen LogP contribution in [-0.4, -0.2) is 24.2 Å². The first-order chi connectivity index (χ1) is 11.5. The maximum atomic E-state index is 12.4. The molecule has 0 spiro atoms. The Bertz CT molecular complexity index is 945. The van der Waals surface area contributed by atoms with E-state index in [1.807, 2.05) is 0 Å². The molecule has 0 amide bonds. The van der Waals surface area contributed by atoms with Gasteiger partial charge >= 0.3 is 0 Å². The molecule has 0 radical (unpaired) electrons. The van der Waals surface area contributed by atoms with Crippen molar-refractivity contribution < 1.29 is 13.2 Å². The van der Waals surface area contributed by atoms with Crippen LogP contribution in [0.25, 0.3) is 11.3 Å². The number of sulfonamides is 1. The van der Waals surface area contributed by atoms with E-state index in [4.69, 9.17) is 0 Å². The van der Waals surface area contributed by atoms with Crippen molar-refractivity contribution in [3.8, 4) is 11.3 Å². The smallest absolute Gasteiger partial charge is 0.261 e. The van der Waals surface area contributed by atoms with E-state index in [-0.39, 0.29) is 10.7 Å². The van der Waals surface area contributed by atoms with Crippen LogP contribution in [0, 0.1) is 0 Å². The summed E-state index contributed by atoms with van der Waals surface area (Å²) in [5, 5.41) is 0. The number of rotatable bonds is 5. The lowest BCUT2D eigenvalue weighted by molar-refractivity contribution is 0.101. The van der Waals surface area contributed by atoms with Crippen LogP contribution in [0.5, 0.6) is 0 Å². The quantitative estimate of drug-likeness (QED) is 0.698. The van der Waals surface area contributed by atoms with E-state index in [1.165, 1.54) is 31.2 Å². The molecule has 2 N–H and O–H groups in total. The van der Waals surface area contributed by atoms with E-state index >= 15 is 0 Å². The molecule has 0 saturated heterocycles. The molecule has 6 nitrogen and oxygen atoms in total. The second kappa shape index (κ2) is 6.29. The van der Waals surface area contributed by atoms with Crippen LogP contribution in [0.3, 0.4) is 0 Å². The highest BCUT2D eigenvalue weighted by atomic mass is 32.2. The minimum atomic E-state index is -3.70. The number of nitrogens with one attached hydrogen (secondary N) is 2. The molecule has 0 unspecified atom stereocenters. The summed E-state index contributed by atoms with van der Waals surface area (Å²) in [6, 6.07) is 12.8. The van der Waals surface area contributed by atoms with E-state index in [9.17, 15) is 13.2 Å². The molecule has 1 heterocycles. The van der Waals surface area contributed by atoms with E-state index < -0.39 is 10.0 Å². The van der Waals surface area contributed by atoms with Crippen molar-refractivity contribution in [1.29, 1.82) is 0 Å². The fourth-order valence-electron chi connectivity index (χ4n) is 2.21. The fraction of sp³-hybridized carbons (Fsp3) is 0.0588. The Balaban J connectivity index is 1.80. The van der Waals surface area contributed by atoms with Crippen LogP contribution < -0.4 is 4.72 Å². The molecule has 7 heteroatoms. The zero-order valence-electron chi connectivity index (χ0n) is 12.9. The average molecular weight is 341 g/mol. The minimum Gasteiger partial charge on any atom is -0.345 e. The minimum absolute atomic E-state index is 0.102. The van der Waals surface area contributed by atoms with Crippen LogP contribution in [-0.2, 0) is 10.0 Å². The summed E-state index contributed by atoms with van der Waals surface area (Å²) in [5.41, 5.74) is 2.68. The van der Waals surface area contributed by atoms with Gasteiger partial charge in [0.2, 0.25) is 0 Å². The number of nitrogens with zero attached hydrogens (tertiary/aromatic N) is 1. The topological polar surface area (TPSA) is 91.9 Å². The average Bonchev–Trinajstić information content (AvgIpc) is 3.10. The van der Waals surface area contributed by atoms with Gasteiger partial charge in [-0.3, -0.25) is 9.52 Å². The standard InChI is InChI=1S/C17H15N3O3S/c1-12(21)13-4-8-16(9-5-13)24(22,23)20-15-6-2-14(3-7-15)17-10-18-11-19-17/h2-11,20H,1H3,(H,18,19). The molecular weight excluding hydrogens is 326 g/mol. The zero-order chi connectivity index (χ0) is 17.2. The van der Waals surface area contributed by atoms with Crippen molar-refractivity contribution >= 4 is 21.5 Å². The number of H-pyrrole nitrogens is 1. The summed E-state index contributed by atoms with van der Waals surface area (Å²) in [5.74, 6) is -0.110. The van der Waals surface area contributed by atoms with Crippen LogP contribution in [0.2, 0.25) is 0 Å². The molecule has 3 aromatic rings. The Morgan fingerprint density at radius 3 is 2.25 bits per heavy atom. The number of hydrogen-bond acceptors (Lipinski definition) is 4. The van der Waals surface area contributed by atoms with E-state index in [2.05, 4.69) is 14.7 Å². The van der Waals surface area contributed by atoms with Gasteiger partial charge in [-0.05, 0) is 36.8 Å². The van der Waals surface area contributed by atoms with Gasteiger partial charge in [-0.2, -0.15) is 0 Å². The van der Waals surface area contributed by atoms with Crippen molar-refractivity contribution in [2.24, 2.45) is 0 Å². The van der Waals surface area contributed by atoms with E-state index in [1.54, 1.807) is 36.8 Å². The molecule has 0 saturated carbocycles. The Morgan fingerprint density at radius 1 is 1.04 bits per heavy atom. The lowest BCUT2D eigenvalue weighted by Crippen LogP contribution is -2.13. The van der Waals surface area contributed by atoms with Gasteiger partial charge in [0, 0.05) is 11.3 Å². The predicted molar refractivity (Wildman–Crippen MR) is 91.3 cm³/mol. The lowest BCUT2D eigenvalue weighted by atomic mass is 10.1. The van der Waals surface area contributed by atoms with Crippen LogP contribution in [0.1, 0.15) is 17.3 Å². The van der Waals surface area contributed by atoms with E-state index in [0.29, 0.717) is 11.3 Å². The summed E-state index contributed by atoms with van der Waals surface area (Å²) in [6.07, 6.45) is 3.27. The summed E-state index contributed by atoms with van der Waals surface area (Å²) in [6.45, 7) is 1.43. The molecule has 0 aliphatic carbocycles. The Labute approximate surface area is 139 Å². The molecular formula is C17H15N3O3S. The van der Waals surface area contributed by atoms with Gasteiger partial charge in [-0.25, -0.2) is 13.4 Å². The van der Waals surface area contributed by atoms with Gasteiger partial charge in [0.25, 0.3) is 10.0 Å². The summed E-state index contributed by atoms with van der Waals surface area (Å²) >= 11 is 0. The number of Topliss-reactive ketones (excluding diaryl/α,β-unsaturated/α-hetero) is 1. The molecule has 24 heavy (non-hydrogen) atoms. The van der Waals surface area contributed by atoms with Crippen molar-refractivity contribution in [1.82, 2.24) is 9.97 Å². The maximum Gasteiger partial charge on any atom is 0.261 e. The summed E-state index contributed by atoms with van der Waals surface area (Å²) in [4.78, 5) is 18.3. The second-order valence-corrected chi connectivity index (χ2v) is 6.91. The molecule has 0 aliphatic heterocycles. The van der Waals surface area contributed by atoms with Gasteiger partial charge in [0.05, 0.1) is 23.1 Å². The maximum absolute atomic E-state index is 12.4. The van der Waals surface area contributed by atoms with Gasteiger partial charge < -0.3 is 4.98 Å². The number of carbonyl (C=O) groups excluding carboxylic acids is 1. The van der Waals surface area contributed by atoms with Crippen molar-refractivity contribution in [3.63, 3.8) is 0 Å². The van der Waals surface area contributed by atoms with Crippen molar-refractivity contribution in [2.75, 3.05) is 4.72 Å². The molecule has 0 aliphatic rings. The number of hydrogen-bond donors (Lipinski definition) is 2. The molecule has 1 aromatic heterocycles. The summed E-state index contributed by atoms with van der Waals surface area (Å²) < 4.78 is 27.3. The number of ketones is 1. The molecule has 0 bridgehead atoms. The molecule has 2 aromatic carbocycles. The first-order valence-corrected chi connectivity index (χ1v) is 8.67. The summed E-state index contributed by atoms with van der Waals surface area (Å²) in [7, 11) is -3.70. The zero-order valence-corrected chi connectivity index (χ0v) is 13.7. The number of anilines is 1. The Hall–Kier alpha value is -2.93. The van der Waals surface area contributed by atoms with Gasteiger partial charge in [0.1, 0.15) is 0 Å². The fourth-order valence-corrected chi connectivity index (χ4v) is 3.27. The SMILES string of the molecule is CC(=O)c1ccc(S(=O)(=O)Nc2ccc(-c3cnc[nH]3)cc2)cc1. The largest absolute Gasteiger partial charge is 0.345 e. The third kappa shape index (κ3) is 3.36. The molecule has 0 atom stereocenters. The number of imidazole rings is 1. The van der Waals surface area contributed by atoms with Crippen LogP contribution in [0.4, 0.5) is 5.69 Å². The highest BCUT2D eigenvalue weighted by Crippen LogP contribution is 2.21. The highest BCUT2D eigenvalue weighted by Gasteiger charge is 2.14. The lowest BCUT2D eigenvalue weighted by Gasteiger charge is -2.09. The van der Waals surface area contributed by atoms with Gasteiger partial charge in [-0.15, -0.1) is 0 Å². The van der Waals surface area contributed by atoms with E-state index in [0.717, 1.165) is 11.3 Å². The van der Waals surface area contributed by atoms with Crippen molar-refractivity contribution in [2.45, 2.75) is 11.8 Å². The Morgan fingerprint density at radius 2 is 1.71 bits per heavy atom. The number of aromatic nitrogens is 2. The third-order valence-corrected chi connectivity index (χ3v) is 4.91. The second-order valence-electron chi connectivity index (χ2n) is 5.23. The number of carbonyl (C=O) groups is 1. The third-order valence-electron chi connectivity index (χ3n) is 3.52. The number of aromatic amines is 1. The number of benzene rings is 2. The Kier molecular flexibility index (Phi) is 4.18. The molecule has 0 fully saturated rings. The molecule has 122 valence electrons. The predicted octanol–water partition coefficient (Wildman–Crippen LogP) is 3.08. The van der Waals surface area contributed by atoms with Gasteiger partial charge in [0.15, 0.2) is 5.78 Å².